The first-order valence-electron chi connectivity index (χ1n) is 14.4. The van der Waals surface area contributed by atoms with Gasteiger partial charge in [-0.1, -0.05) is 26.8 Å². The average Bonchev–Trinajstić information content (AvgIpc) is 3.37. The molecule has 4 fully saturated rings. The van der Waals surface area contributed by atoms with Crippen LogP contribution in [0.15, 0.2) is 18.2 Å². The summed E-state index contributed by atoms with van der Waals surface area (Å²) in [5.74, 6) is 6.34. The molecule has 0 unspecified atom stereocenters. The van der Waals surface area contributed by atoms with Gasteiger partial charge in [-0.2, -0.15) is 0 Å². The van der Waals surface area contributed by atoms with Crippen molar-refractivity contribution >= 4 is 11.0 Å². The van der Waals surface area contributed by atoms with Gasteiger partial charge in [-0.05, 0) is 135 Å². The Morgan fingerprint density at radius 3 is 2.68 bits per heavy atom. The van der Waals surface area contributed by atoms with Crippen LogP contribution < -0.4 is 0 Å². The van der Waals surface area contributed by atoms with Gasteiger partial charge in [0.1, 0.15) is 5.82 Å². The lowest BCUT2D eigenvalue weighted by Gasteiger charge is -2.61. The molecule has 0 amide bonds. The largest absolute Gasteiger partial charge is 0.393 e. The summed E-state index contributed by atoms with van der Waals surface area (Å²) in [5, 5.41) is 10.3. The first kappa shape index (κ1) is 23.1. The highest BCUT2D eigenvalue weighted by molar-refractivity contribution is 5.75. The SMILES string of the molecule is Cc1ccc2nc(CC[C@H](C)[C@@H]3CC[C@@H]4[C@@H]5CC[C@@H]6C[C@H](O)CC[C@]6(C)[C@@H]5CC[C@@]43C)[nH]c2c1. The van der Waals surface area contributed by atoms with E-state index in [2.05, 4.69) is 50.9 Å². The van der Waals surface area contributed by atoms with Crippen LogP contribution in [-0.2, 0) is 6.42 Å². The van der Waals surface area contributed by atoms with Gasteiger partial charge in [0.25, 0.3) is 0 Å². The first-order valence-corrected chi connectivity index (χ1v) is 14.4. The van der Waals surface area contributed by atoms with Crippen molar-refractivity contribution in [3.63, 3.8) is 0 Å². The molecule has 6 rings (SSSR count). The van der Waals surface area contributed by atoms with Crippen LogP contribution in [0.25, 0.3) is 11.0 Å². The Morgan fingerprint density at radius 2 is 1.82 bits per heavy atom. The van der Waals surface area contributed by atoms with E-state index in [9.17, 15) is 5.11 Å². The van der Waals surface area contributed by atoms with Crippen LogP contribution in [-0.4, -0.2) is 21.2 Å². The number of aryl methyl sites for hydroxylation is 2. The van der Waals surface area contributed by atoms with Gasteiger partial charge in [-0.15, -0.1) is 0 Å². The summed E-state index contributed by atoms with van der Waals surface area (Å²) < 4.78 is 0. The summed E-state index contributed by atoms with van der Waals surface area (Å²) in [6.07, 6.45) is 14.2. The van der Waals surface area contributed by atoms with Crippen molar-refractivity contribution in [2.24, 2.45) is 46.3 Å². The van der Waals surface area contributed by atoms with Gasteiger partial charge in [-0.25, -0.2) is 4.98 Å². The second kappa shape index (κ2) is 8.36. The van der Waals surface area contributed by atoms with Crippen LogP contribution in [0.3, 0.4) is 0 Å². The molecule has 4 saturated carbocycles. The normalized spacial score (nSPS) is 42.7. The maximum atomic E-state index is 10.3. The van der Waals surface area contributed by atoms with E-state index in [-0.39, 0.29) is 6.10 Å². The highest BCUT2D eigenvalue weighted by atomic mass is 16.3. The Balaban J connectivity index is 1.15. The number of aliphatic hydroxyl groups excluding tert-OH is 1. The molecule has 3 heteroatoms. The predicted octanol–water partition coefficient (Wildman–Crippen LogP) is 7.46. The molecule has 0 saturated heterocycles. The molecule has 2 N–H and O–H groups in total. The summed E-state index contributed by atoms with van der Waals surface area (Å²) in [7, 11) is 0. The number of benzene rings is 1. The molecule has 4 aliphatic carbocycles. The molecular formula is C31H46N2O. The van der Waals surface area contributed by atoms with Crippen molar-refractivity contribution in [2.75, 3.05) is 0 Å². The second-order valence-corrected chi connectivity index (χ2v) is 13.5. The summed E-state index contributed by atoms with van der Waals surface area (Å²) >= 11 is 0. The zero-order valence-corrected chi connectivity index (χ0v) is 21.9. The lowest BCUT2D eigenvalue weighted by atomic mass is 9.44. The summed E-state index contributed by atoms with van der Waals surface area (Å²) in [4.78, 5) is 8.47. The average molecular weight is 463 g/mol. The maximum Gasteiger partial charge on any atom is 0.107 e. The molecule has 0 spiro atoms. The van der Waals surface area contributed by atoms with E-state index in [1.54, 1.807) is 0 Å². The van der Waals surface area contributed by atoms with Crippen LogP contribution in [0.2, 0.25) is 0 Å². The molecule has 186 valence electrons. The molecule has 0 radical (unpaired) electrons. The summed E-state index contributed by atoms with van der Waals surface area (Å²) in [6, 6.07) is 6.53. The van der Waals surface area contributed by atoms with E-state index in [0.29, 0.717) is 10.8 Å². The third-order valence-corrected chi connectivity index (χ3v) is 11.9. The number of rotatable bonds is 4. The minimum atomic E-state index is -0.0315. The minimum Gasteiger partial charge on any atom is -0.393 e. The molecule has 1 aromatic carbocycles. The standard InChI is InChI=1S/C31H46N2O/c1-19-5-11-27-28(17-19)33-29(32-27)12-6-20(2)24-9-10-25-23-8-7-21-18-22(34)13-15-30(21,3)26(23)14-16-31(24,25)4/h5,11,17,20-26,34H,6-10,12-16,18H2,1-4H3,(H,32,33)/t20-,21+,22+,23-,24-,25+,26+,30-,31+/m0/s1. The van der Waals surface area contributed by atoms with E-state index in [1.807, 2.05) is 0 Å². The molecule has 0 aliphatic heterocycles. The summed E-state index contributed by atoms with van der Waals surface area (Å²) in [5.41, 5.74) is 4.62. The zero-order valence-electron chi connectivity index (χ0n) is 21.9. The number of aromatic amines is 1. The van der Waals surface area contributed by atoms with E-state index in [0.717, 1.165) is 60.3 Å². The van der Waals surface area contributed by atoms with Gasteiger partial charge in [0.15, 0.2) is 0 Å². The number of hydrogen-bond donors (Lipinski definition) is 2. The highest BCUT2D eigenvalue weighted by Gasteiger charge is 2.60. The second-order valence-electron chi connectivity index (χ2n) is 13.5. The Labute approximate surface area is 206 Å². The number of aliphatic hydroxyl groups is 1. The number of H-pyrrole nitrogens is 1. The quantitative estimate of drug-likeness (QED) is 0.495. The topological polar surface area (TPSA) is 48.9 Å². The van der Waals surface area contributed by atoms with Gasteiger partial charge in [0, 0.05) is 6.42 Å². The van der Waals surface area contributed by atoms with Crippen molar-refractivity contribution in [1.82, 2.24) is 9.97 Å². The predicted molar refractivity (Wildman–Crippen MR) is 140 cm³/mol. The van der Waals surface area contributed by atoms with Gasteiger partial charge in [0.05, 0.1) is 17.1 Å². The third kappa shape index (κ3) is 3.59. The van der Waals surface area contributed by atoms with Crippen molar-refractivity contribution in [2.45, 2.75) is 104 Å². The third-order valence-electron chi connectivity index (χ3n) is 11.9. The minimum absolute atomic E-state index is 0.0315. The number of nitrogens with one attached hydrogen (secondary N) is 1. The van der Waals surface area contributed by atoms with Crippen LogP contribution in [0.5, 0.6) is 0 Å². The van der Waals surface area contributed by atoms with Gasteiger partial charge < -0.3 is 10.1 Å². The van der Waals surface area contributed by atoms with Crippen molar-refractivity contribution in [3.8, 4) is 0 Å². The molecule has 4 aliphatic rings. The van der Waals surface area contributed by atoms with E-state index in [1.165, 1.54) is 68.3 Å². The number of aromatic nitrogens is 2. The van der Waals surface area contributed by atoms with Gasteiger partial charge in [0.2, 0.25) is 0 Å². The molecule has 2 aromatic rings. The Kier molecular flexibility index (Phi) is 5.67. The first-order chi connectivity index (χ1) is 16.3. The number of hydrogen-bond acceptors (Lipinski definition) is 2. The fourth-order valence-corrected chi connectivity index (χ4v) is 10.1. The molecule has 1 heterocycles. The Bertz CT molecular complexity index is 1040. The van der Waals surface area contributed by atoms with Crippen LogP contribution in [0.4, 0.5) is 0 Å². The number of nitrogens with zero attached hydrogens (tertiary/aromatic N) is 1. The lowest BCUT2D eigenvalue weighted by molar-refractivity contribution is -0.129. The van der Waals surface area contributed by atoms with E-state index < -0.39 is 0 Å². The van der Waals surface area contributed by atoms with E-state index in [4.69, 9.17) is 4.98 Å². The number of fused-ring (bicyclic) bond motifs is 6. The monoisotopic (exact) mass is 462 g/mol. The van der Waals surface area contributed by atoms with Crippen molar-refractivity contribution in [3.05, 3.63) is 29.6 Å². The lowest BCUT2D eigenvalue weighted by Crippen LogP contribution is -2.54. The fourth-order valence-electron chi connectivity index (χ4n) is 10.1. The maximum absolute atomic E-state index is 10.3. The van der Waals surface area contributed by atoms with Gasteiger partial charge in [-0.3, -0.25) is 0 Å². The molecule has 9 atom stereocenters. The zero-order chi connectivity index (χ0) is 23.7. The van der Waals surface area contributed by atoms with Crippen LogP contribution in [0, 0.1) is 53.3 Å². The highest BCUT2D eigenvalue weighted by Crippen LogP contribution is 2.68. The van der Waals surface area contributed by atoms with Crippen LogP contribution >= 0.6 is 0 Å². The molecule has 3 nitrogen and oxygen atoms in total. The summed E-state index contributed by atoms with van der Waals surface area (Å²) in [6.45, 7) is 9.99. The Hall–Kier alpha value is -1.35. The van der Waals surface area contributed by atoms with Gasteiger partial charge >= 0.3 is 0 Å². The van der Waals surface area contributed by atoms with E-state index >= 15 is 0 Å². The van der Waals surface area contributed by atoms with Crippen LogP contribution in [0.1, 0.15) is 96.4 Å². The van der Waals surface area contributed by atoms with Crippen molar-refractivity contribution in [1.29, 1.82) is 0 Å². The Morgan fingerprint density at radius 1 is 1.03 bits per heavy atom. The molecule has 0 bridgehead atoms. The molecule has 34 heavy (non-hydrogen) atoms. The fraction of sp³-hybridized carbons (Fsp3) is 0.774. The molecule has 1 aromatic heterocycles. The smallest absolute Gasteiger partial charge is 0.107 e. The molecular weight excluding hydrogens is 416 g/mol. The van der Waals surface area contributed by atoms with Crippen molar-refractivity contribution < 1.29 is 5.11 Å². The number of imidazole rings is 1.